The van der Waals surface area contributed by atoms with Crippen LogP contribution < -0.4 is 11.1 Å². The largest absolute Gasteiger partial charge is 0.387 e. The number of fused-ring (bicyclic) bond motifs is 1. The van der Waals surface area contributed by atoms with E-state index in [-0.39, 0.29) is 22.8 Å². The van der Waals surface area contributed by atoms with Crippen LogP contribution in [-0.2, 0) is 9.53 Å². The molecule has 1 saturated heterocycles. The lowest BCUT2D eigenvalue weighted by Gasteiger charge is -2.30. The van der Waals surface area contributed by atoms with Crippen molar-refractivity contribution in [1.82, 2.24) is 24.8 Å². The van der Waals surface area contributed by atoms with Crippen molar-refractivity contribution in [3.8, 4) is 11.8 Å². The Balaban J connectivity index is 1.66. The van der Waals surface area contributed by atoms with E-state index in [1.807, 2.05) is 0 Å². The van der Waals surface area contributed by atoms with Crippen LogP contribution in [0.1, 0.15) is 51.6 Å². The number of aliphatic hydroxyl groups is 3. The monoisotopic (exact) mass is 444 g/mol. The SMILES string of the molecule is CCNC(=O)[C@H]1O[C@@H](n2cnc3c(N)nc(C#C[C@@]4(O)CCC[C@H](C)C4)nc32)[C@H](O)[C@@H]1O. The van der Waals surface area contributed by atoms with E-state index < -0.39 is 36.0 Å². The number of hydrogen-bond donors (Lipinski definition) is 5. The molecule has 0 aromatic carbocycles. The second kappa shape index (κ2) is 8.63. The third-order valence-corrected chi connectivity index (χ3v) is 5.95. The zero-order valence-electron chi connectivity index (χ0n) is 18.0. The number of aliphatic hydroxyl groups excluding tert-OH is 2. The highest BCUT2D eigenvalue weighted by molar-refractivity contribution is 5.83. The summed E-state index contributed by atoms with van der Waals surface area (Å²) in [5.74, 6) is 5.74. The van der Waals surface area contributed by atoms with E-state index >= 15 is 0 Å². The fourth-order valence-corrected chi connectivity index (χ4v) is 4.37. The molecule has 11 nitrogen and oxygen atoms in total. The summed E-state index contributed by atoms with van der Waals surface area (Å²) in [6, 6.07) is 0. The number of aromatic nitrogens is 4. The average Bonchev–Trinajstić information content (AvgIpc) is 3.28. The number of nitrogen functional groups attached to an aromatic ring is 1. The summed E-state index contributed by atoms with van der Waals surface area (Å²) in [6.07, 6.45) is -0.699. The van der Waals surface area contributed by atoms with Crippen LogP contribution >= 0.6 is 0 Å². The Hall–Kier alpha value is -2.78. The van der Waals surface area contributed by atoms with Crippen LogP contribution in [0.5, 0.6) is 0 Å². The minimum atomic E-state index is -1.43. The molecule has 6 atom stereocenters. The minimum Gasteiger partial charge on any atom is -0.387 e. The van der Waals surface area contributed by atoms with Crippen LogP contribution in [0.25, 0.3) is 11.2 Å². The van der Waals surface area contributed by atoms with Gasteiger partial charge in [-0.1, -0.05) is 19.3 Å². The average molecular weight is 444 g/mol. The van der Waals surface area contributed by atoms with E-state index in [0.717, 1.165) is 12.8 Å². The molecule has 0 spiro atoms. The Morgan fingerprint density at radius 2 is 2.19 bits per heavy atom. The molecule has 1 saturated carbocycles. The molecule has 172 valence electrons. The predicted octanol–water partition coefficient (Wildman–Crippen LogP) is -0.543. The number of imidazole rings is 1. The third-order valence-electron chi connectivity index (χ3n) is 5.95. The van der Waals surface area contributed by atoms with Gasteiger partial charge in [0, 0.05) is 6.54 Å². The number of anilines is 1. The quantitative estimate of drug-likeness (QED) is 0.390. The van der Waals surface area contributed by atoms with Gasteiger partial charge in [0.2, 0.25) is 5.82 Å². The Bertz CT molecular complexity index is 1080. The summed E-state index contributed by atoms with van der Waals surface area (Å²) in [5.41, 5.74) is 5.44. The summed E-state index contributed by atoms with van der Waals surface area (Å²) in [5, 5.41) is 34.1. The molecule has 0 bridgehead atoms. The second-order valence-corrected chi connectivity index (χ2v) is 8.56. The number of likely N-dealkylation sites (N-methyl/N-ethyl adjacent to an activating group) is 1. The molecule has 1 aliphatic heterocycles. The fraction of sp³-hybridized carbons (Fsp3) is 0.619. The number of nitrogens with two attached hydrogens (primary N) is 1. The Labute approximate surface area is 185 Å². The van der Waals surface area contributed by atoms with E-state index in [9.17, 15) is 20.1 Å². The first-order chi connectivity index (χ1) is 15.2. The first-order valence-corrected chi connectivity index (χ1v) is 10.8. The Morgan fingerprint density at radius 3 is 2.91 bits per heavy atom. The fourth-order valence-electron chi connectivity index (χ4n) is 4.37. The van der Waals surface area contributed by atoms with Gasteiger partial charge in [-0.25, -0.2) is 15.0 Å². The lowest BCUT2D eigenvalue weighted by Crippen LogP contribution is -2.42. The van der Waals surface area contributed by atoms with Crippen molar-refractivity contribution in [2.75, 3.05) is 12.3 Å². The van der Waals surface area contributed by atoms with Crippen LogP contribution in [-0.4, -0.2) is 71.2 Å². The lowest BCUT2D eigenvalue weighted by atomic mass is 9.79. The molecular weight excluding hydrogens is 416 g/mol. The molecule has 2 aromatic rings. The van der Waals surface area contributed by atoms with Gasteiger partial charge in [0.1, 0.15) is 23.3 Å². The normalized spacial score (nSPS) is 32.5. The molecule has 2 aromatic heterocycles. The van der Waals surface area contributed by atoms with Gasteiger partial charge < -0.3 is 31.1 Å². The number of nitrogens with zero attached hydrogens (tertiary/aromatic N) is 4. The van der Waals surface area contributed by atoms with Crippen molar-refractivity contribution >= 4 is 22.9 Å². The number of nitrogens with one attached hydrogen (secondary N) is 1. The summed E-state index contributed by atoms with van der Waals surface area (Å²) in [4.78, 5) is 24.9. The molecule has 11 heteroatoms. The number of ether oxygens (including phenoxy) is 1. The number of carbonyl (C=O) groups is 1. The maximum atomic E-state index is 12.2. The number of carbonyl (C=O) groups excluding carboxylic acids is 1. The number of rotatable bonds is 3. The molecule has 2 fully saturated rings. The Morgan fingerprint density at radius 1 is 1.41 bits per heavy atom. The van der Waals surface area contributed by atoms with Crippen LogP contribution in [0, 0.1) is 17.8 Å². The van der Waals surface area contributed by atoms with Crippen molar-refractivity contribution in [1.29, 1.82) is 0 Å². The van der Waals surface area contributed by atoms with Gasteiger partial charge >= 0.3 is 0 Å². The highest BCUT2D eigenvalue weighted by atomic mass is 16.6. The van der Waals surface area contributed by atoms with Gasteiger partial charge in [-0.2, -0.15) is 0 Å². The molecule has 2 aliphatic rings. The summed E-state index contributed by atoms with van der Waals surface area (Å²) in [7, 11) is 0. The van der Waals surface area contributed by atoms with Gasteiger partial charge in [-0.3, -0.25) is 9.36 Å². The lowest BCUT2D eigenvalue weighted by molar-refractivity contribution is -0.137. The summed E-state index contributed by atoms with van der Waals surface area (Å²) < 4.78 is 7.04. The van der Waals surface area contributed by atoms with Crippen LogP contribution in [0.4, 0.5) is 5.82 Å². The van der Waals surface area contributed by atoms with Crippen molar-refractivity contribution in [3.05, 3.63) is 12.2 Å². The number of hydrogen-bond acceptors (Lipinski definition) is 9. The van der Waals surface area contributed by atoms with Crippen molar-refractivity contribution in [2.45, 2.75) is 69.7 Å². The van der Waals surface area contributed by atoms with Crippen LogP contribution in [0.2, 0.25) is 0 Å². The highest BCUT2D eigenvalue weighted by Gasteiger charge is 2.47. The molecule has 1 aliphatic carbocycles. The summed E-state index contributed by atoms with van der Waals surface area (Å²) >= 11 is 0. The van der Waals surface area contributed by atoms with E-state index in [4.69, 9.17) is 10.5 Å². The first-order valence-electron chi connectivity index (χ1n) is 10.8. The van der Waals surface area contributed by atoms with Crippen molar-refractivity contribution in [2.24, 2.45) is 5.92 Å². The molecule has 0 unspecified atom stereocenters. The van der Waals surface area contributed by atoms with E-state index in [1.54, 1.807) is 6.92 Å². The molecule has 1 amide bonds. The van der Waals surface area contributed by atoms with Gasteiger partial charge in [0.05, 0.1) is 6.33 Å². The highest BCUT2D eigenvalue weighted by Crippen LogP contribution is 2.33. The summed E-state index contributed by atoms with van der Waals surface area (Å²) in [6.45, 7) is 4.18. The predicted molar refractivity (Wildman–Crippen MR) is 114 cm³/mol. The third kappa shape index (κ3) is 4.14. The standard InChI is InChI=1S/C21H28N6O5/c1-3-23-19(30)16-14(28)15(29)20(32-16)27-10-24-13-17(22)25-12(26-18(13)27)6-8-21(31)7-4-5-11(2)9-21/h10-11,14-16,20,28-29,31H,3-5,7,9H2,1-2H3,(H,23,30)(H2,22,25,26)/t11-,14-,15+,16-,20+,21-/m0/s1. The smallest absolute Gasteiger partial charge is 0.252 e. The molecular formula is C21H28N6O5. The topological polar surface area (TPSA) is 169 Å². The molecule has 6 N–H and O–H groups in total. The maximum absolute atomic E-state index is 12.2. The van der Waals surface area contributed by atoms with Gasteiger partial charge in [-0.05, 0) is 38.0 Å². The molecule has 4 rings (SSSR count). The van der Waals surface area contributed by atoms with Gasteiger partial charge in [0.25, 0.3) is 5.91 Å². The zero-order valence-corrected chi connectivity index (χ0v) is 18.0. The van der Waals surface area contributed by atoms with Crippen LogP contribution in [0.15, 0.2) is 6.33 Å². The second-order valence-electron chi connectivity index (χ2n) is 8.56. The van der Waals surface area contributed by atoms with Gasteiger partial charge in [-0.15, -0.1) is 0 Å². The first kappa shape index (κ1) is 22.4. The maximum Gasteiger partial charge on any atom is 0.252 e. The van der Waals surface area contributed by atoms with Crippen molar-refractivity contribution in [3.63, 3.8) is 0 Å². The van der Waals surface area contributed by atoms with E-state index in [0.29, 0.717) is 25.3 Å². The molecule has 3 heterocycles. The number of amides is 1. The zero-order chi connectivity index (χ0) is 23.0. The van der Waals surface area contributed by atoms with E-state index in [1.165, 1.54) is 10.9 Å². The minimum absolute atomic E-state index is 0.0790. The van der Waals surface area contributed by atoms with Gasteiger partial charge in [0.15, 0.2) is 23.8 Å². The molecule has 0 radical (unpaired) electrons. The Kier molecular flexibility index (Phi) is 6.05. The molecule has 32 heavy (non-hydrogen) atoms. The van der Waals surface area contributed by atoms with Crippen LogP contribution in [0.3, 0.4) is 0 Å². The van der Waals surface area contributed by atoms with E-state index in [2.05, 4.69) is 39.0 Å². The van der Waals surface area contributed by atoms with Crippen molar-refractivity contribution < 1.29 is 24.9 Å².